The van der Waals surface area contributed by atoms with E-state index in [1.165, 1.54) is 0 Å². The first-order valence-corrected chi connectivity index (χ1v) is 5.99. The van der Waals surface area contributed by atoms with Crippen LogP contribution in [-0.2, 0) is 0 Å². The molecule has 0 aliphatic rings. The zero-order valence-corrected chi connectivity index (χ0v) is 10.1. The van der Waals surface area contributed by atoms with Crippen LogP contribution in [0.2, 0.25) is 0 Å². The van der Waals surface area contributed by atoms with Crippen LogP contribution in [0.1, 0.15) is 17.2 Å². The van der Waals surface area contributed by atoms with E-state index in [0.29, 0.717) is 0 Å². The number of rotatable bonds is 4. The fourth-order valence-corrected chi connectivity index (χ4v) is 1.77. The molecule has 0 saturated carbocycles. The maximum Gasteiger partial charge on any atom is 0.0916 e. The predicted molar refractivity (Wildman–Crippen MR) is 74.9 cm³/mol. The maximum absolute atomic E-state index is 10.0. The Morgan fingerprint density at radius 1 is 0.889 bits per heavy atom. The fraction of sp³-hybridized carbons (Fsp3) is 0.125. The minimum Gasteiger partial charge on any atom is -0.387 e. The van der Waals surface area contributed by atoms with E-state index in [2.05, 4.69) is 0 Å². The van der Waals surface area contributed by atoms with Crippen molar-refractivity contribution in [3.63, 3.8) is 0 Å². The molecule has 2 aromatic carbocycles. The number of benzene rings is 2. The van der Waals surface area contributed by atoms with Gasteiger partial charge in [0.05, 0.1) is 12.1 Å². The Balaban J connectivity index is 2.04. The summed E-state index contributed by atoms with van der Waals surface area (Å²) in [5, 5.41) is 10.0. The fourth-order valence-electron chi connectivity index (χ4n) is 1.77. The van der Waals surface area contributed by atoms with Gasteiger partial charge in [-0.3, -0.25) is 0 Å². The minimum atomic E-state index is -0.687. The van der Waals surface area contributed by atoms with Crippen molar-refractivity contribution in [3.05, 3.63) is 77.9 Å². The van der Waals surface area contributed by atoms with Crippen molar-refractivity contribution in [1.29, 1.82) is 0 Å². The number of aliphatic hydroxyl groups is 1. The molecular formula is C16H17NO. The number of nitrogens with two attached hydrogens (primary N) is 1. The molecule has 2 rings (SSSR count). The first kappa shape index (κ1) is 12.6. The predicted octanol–water partition coefficient (Wildman–Crippen LogP) is 2.76. The average molecular weight is 239 g/mol. The van der Waals surface area contributed by atoms with Crippen molar-refractivity contribution in [2.75, 3.05) is 0 Å². The van der Waals surface area contributed by atoms with Crippen molar-refractivity contribution in [3.8, 4) is 0 Å². The summed E-state index contributed by atoms with van der Waals surface area (Å²) >= 11 is 0. The van der Waals surface area contributed by atoms with Gasteiger partial charge in [0.1, 0.15) is 0 Å². The van der Waals surface area contributed by atoms with Gasteiger partial charge in [0.15, 0.2) is 0 Å². The zero-order valence-electron chi connectivity index (χ0n) is 10.1. The van der Waals surface area contributed by atoms with Gasteiger partial charge in [0.25, 0.3) is 0 Å². The third kappa shape index (κ3) is 3.29. The monoisotopic (exact) mass is 239 g/mol. The summed E-state index contributed by atoms with van der Waals surface area (Å²) in [7, 11) is 0. The second-order valence-electron chi connectivity index (χ2n) is 4.20. The van der Waals surface area contributed by atoms with Crippen molar-refractivity contribution in [1.82, 2.24) is 0 Å². The Morgan fingerprint density at radius 2 is 1.44 bits per heavy atom. The van der Waals surface area contributed by atoms with E-state index in [0.717, 1.165) is 11.1 Å². The van der Waals surface area contributed by atoms with Crippen LogP contribution in [-0.4, -0.2) is 11.2 Å². The zero-order chi connectivity index (χ0) is 12.8. The highest BCUT2D eigenvalue weighted by Crippen LogP contribution is 2.15. The minimum absolute atomic E-state index is 0.397. The molecular weight excluding hydrogens is 222 g/mol. The molecule has 3 N–H and O–H groups in total. The lowest BCUT2D eigenvalue weighted by Gasteiger charge is -2.15. The van der Waals surface area contributed by atoms with Crippen LogP contribution in [0.4, 0.5) is 0 Å². The van der Waals surface area contributed by atoms with Crippen LogP contribution in [0.15, 0.2) is 66.7 Å². The summed E-state index contributed by atoms with van der Waals surface area (Å²) in [6, 6.07) is 19.1. The van der Waals surface area contributed by atoms with Gasteiger partial charge in [-0.25, -0.2) is 0 Å². The average Bonchev–Trinajstić information content (AvgIpc) is 2.46. The molecule has 2 heteroatoms. The van der Waals surface area contributed by atoms with E-state index >= 15 is 0 Å². The van der Waals surface area contributed by atoms with Crippen LogP contribution >= 0.6 is 0 Å². The van der Waals surface area contributed by atoms with Gasteiger partial charge < -0.3 is 10.8 Å². The molecule has 2 aromatic rings. The Kier molecular flexibility index (Phi) is 4.29. The molecule has 2 nitrogen and oxygen atoms in total. The van der Waals surface area contributed by atoms with E-state index in [9.17, 15) is 5.11 Å². The quantitative estimate of drug-likeness (QED) is 0.861. The molecule has 2 unspecified atom stereocenters. The van der Waals surface area contributed by atoms with Crippen molar-refractivity contribution >= 4 is 6.08 Å². The van der Waals surface area contributed by atoms with Gasteiger partial charge in [0, 0.05) is 0 Å². The second kappa shape index (κ2) is 6.15. The Morgan fingerprint density at radius 3 is 2.06 bits per heavy atom. The van der Waals surface area contributed by atoms with Crippen LogP contribution in [0.25, 0.3) is 6.08 Å². The highest BCUT2D eigenvalue weighted by atomic mass is 16.3. The van der Waals surface area contributed by atoms with Crippen molar-refractivity contribution in [2.45, 2.75) is 12.1 Å². The van der Waals surface area contributed by atoms with Gasteiger partial charge in [-0.05, 0) is 11.1 Å². The van der Waals surface area contributed by atoms with Gasteiger partial charge in [-0.1, -0.05) is 72.8 Å². The van der Waals surface area contributed by atoms with Gasteiger partial charge in [-0.15, -0.1) is 0 Å². The summed E-state index contributed by atoms with van der Waals surface area (Å²) < 4.78 is 0. The number of hydrogen-bond acceptors (Lipinski definition) is 2. The number of hydrogen-bond donors (Lipinski definition) is 2. The molecule has 0 aromatic heterocycles. The topological polar surface area (TPSA) is 46.2 Å². The standard InChI is InChI=1S/C16H17NO/c17-16(14-9-5-2-6-10-14)15(18)12-11-13-7-3-1-4-8-13/h1-12,15-16,18H,17H2. The Bertz CT molecular complexity index is 493. The summed E-state index contributed by atoms with van der Waals surface area (Å²) in [5.41, 5.74) is 7.99. The molecule has 0 amide bonds. The van der Waals surface area contributed by atoms with Gasteiger partial charge >= 0.3 is 0 Å². The first-order valence-electron chi connectivity index (χ1n) is 5.99. The van der Waals surface area contributed by atoms with Crippen LogP contribution in [0.3, 0.4) is 0 Å². The van der Waals surface area contributed by atoms with E-state index in [1.807, 2.05) is 66.7 Å². The lowest BCUT2D eigenvalue weighted by molar-refractivity contribution is 0.193. The molecule has 0 bridgehead atoms. The summed E-state index contributed by atoms with van der Waals surface area (Å²) in [5.74, 6) is 0. The summed E-state index contributed by atoms with van der Waals surface area (Å²) in [6.07, 6.45) is 2.92. The van der Waals surface area contributed by atoms with Crippen molar-refractivity contribution in [2.24, 2.45) is 5.73 Å². The Labute approximate surface area is 107 Å². The largest absolute Gasteiger partial charge is 0.387 e. The Hall–Kier alpha value is -1.90. The molecule has 92 valence electrons. The normalized spacial score (nSPS) is 14.6. The lowest BCUT2D eigenvalue weighted by atomic mass is 10.0. The molecule has 0 aliphatic heterocycles. The first-order chi connectivity index (χ1) is 8.77. The molecule has 18 heavy (non-hydrogen) atoms. The van der Waals surface area contributed by atoms with Crippen LogP contribution < -0.4 is 5.73 Å². The summed E-state index contributed by atoms with van der Waals surface area (Å²) in [4.78, 5) is 0. The maximum atomic E-state index is 10.0. The third-order valence-corrected chi connectivity index (χ3v) is 2.84. The van der Waals surface area contributed by atoms with Crippen molar-refractivity contribution < 1.29 is 5.11 Å². The van der Waals surface area contributed by atoms with Gasteiger partial charge in [-0.2, -0.15) is 0 Å². The summed E-state index contributed by atoms with van der Waals surface area (Å²) in [6.45, 7) is 0. The van der Waals surface area contributed by atoms with E-state index in [4.69, 9.17) is 5.73 Å². The van der Waals surface area contributed by atoms with Crippen LogP contribution in [0.5, 0.6) is 0 Å². The molecule has 0 radical (unpaired) electrons. The number of aliphatic hydroxyl groups excluding tert-OH is 1. The molecule has 0 heterocycles. The second-order valence-corrected chi connectivity index (χ2v) is 4.20. The highest BCUT2D eigenvalue weighted by molar-refractivity contribution is 5.49. The lowest BCUT2D eigenvalue weighted by Crippen LogP contribution is -2.24. The van der Waals surface area contributed by atoms with E-state index in [1.54, 1.807) is 6.08 Å². The molecule has 0 aliphatic carbocycles. The molecule has 0 spiro atoms. The van der Waals surface area contributed by atoms with Crippen LogP contribution in [0, 0.1) is 0 Å². The molecule has 0 fully saturated rings. The highest BCUT2D eigenvalue weighted by Gasteiger charge is 2.12. The van der Waals surface area contributed by atoms with Gasteiger partial charge in [0.2, 0.25) is 0 Å². The van der Waals surface area contributed by atoms with E-state index < -0.39 is 12.1 Å². The SMILES string of the molecule is NC(c1ccccc1)C(O)C=Cc1ccccc1. The van der Waals surface area contributed by atoms with E-state index in [-0.39, 0.29) is 0 Å². The smallest absolute Gasteiger partial charge is 0.0916 e. The third-order valence-electron chi connectivity index (χ3n) is 2.84. The molecule has 0 saturated heterocycles. The molecule has 2 atom stereocenters.